The summed E-state index contributed by atoms with van der Waals surface area (Å²) in [6.45, 7) is 9.80. The van der Waals surface area contributed by atoms with Crippen LogP contribution >= 0.6 is 0 Å². The van der Waals surface area contributed by atoms with Gasteiger partial charge in [-0.25, -0.2) is 0 Å². The summed E-state index contributed by atoms with van der Waals surface area (Å²) in [6, 6.07) is 0. The van der Waals surface area contributed by atoms with Crippen LogP contribution < -0.4 is 5.32 Å². The molecule has 1 N–H and O–H groups in total. The molecule has 0 amide bonds. The molecule has 0 radical (unpaired) electrons. The van der Waals surface area contributed by atoms with Gasteiger partial charge in [0.15, 0.2) is 0 Å². The van der Waals surface area contributed by atoms with E-state index < -0.39 is 0 Å². The van der Waals surface area contributed by atoms with Crippen molar-refractivity contribution in [3.63, 3.8) is 0 Å². The second-order valence-corrected chi connectivity index (χ2v) is 8.05. The number of hydrogen-bond acceptors (Lipinski definition) is 4. The van der Waals surface area contributed by atoms with Crippen molar-refractivity contribution in [2.45, 2.75) is 77.4 Å². The summed E-state index contributed by atoms with van der Waals surface area (Å²) in [7, 11) is 0. The van der Waals surface area contributed by atoms with E-state index in [9.17, 15) is 0 Å². The average molecular weight is 323 g/mol. The fraction of sp³-hybridized carbons (Fsp3) is 1.00. The smallest absolute Gasteiger partial charge is 0.119 e. The van der Waals surface area contributed by atoms with Crippen LogP contribution in [0.4, 0.5) is 0 Å². The molecular weight excluding hydrogens is 284 g/mol. The van der Waals surface area contributed by atoms with Gasteiger partial charge in [0.25, 0.3) is 0 Å². The predicted molar refractivity (Wildman–Crippen MR) is 97.0 cm³/mol. The summed E-state index contributed by atoms with van der Waals surface area (Å²) in [5.41, 5.74) is 0. The van der Waals surface area contributed by atoms with Gasteiger partial charge in [-0.05, 0) is 18.9 Å². The van der Waals surface area contributed by atoms with Crippen molar-refractivity contribution >= 4 is 0 Å². The lowest BCUT2D eigenvalue weighted by Crippen LogP contribution is -2.75. The van der Waals surface area contributed by atoms with Gasteiger partial charge in [0.1, 0.15) is 6.29 Å². The van der Waals surface area contributed by atoms with E-state index in [-0.39, 0.29) is 0 Å². The Hall–Kier alpha value is -0.160. The van der Waals surface area contributed by atoms with Gasteiger partial charge in [0.2, 0.25) is 0 Å². The van der Waals surface area contributed by atoms with E-state index in [1.807, 2.05) is 0 Å². The first-order valence-electron chi connectivity index (χ1n) is 10.3. The molecular formula is C19H38N4. The zero-order chi connectivity index (χ0) is 15.9. The first-order chi connectivity index (χ1) is 11.4. The van der Waals surface area contributed by atoms with Crippen molar-refractivity contribution in [3.05, 3.63) is 0 Å². The number of nitrogens with zero attached hydrogens (tertiary/aromatic N) is 3. The lowest BCUT2D eigenvalue weighted by atomic mass is 10.00. The van der Waals surface area contributed by atoms with Crippen molar-refractivity contribution in [1.29, 1.82) is 0 Å². The molecule has 4 saturated heterocycles. The Labute approximate surface area is 143 Å². The van der Waals surface area contributed by atoms with Crippen LogP contribution in [0.3, 0.4) is 0 Å². The molecule has 2 atom stereocenters. The Morgan fingerprint density at radius 1 is 0.739 bits per heavy atom. The highest BCUT2D eigenvalue weighted by Gasteiger charge is 2.44. The van der Waals surface area contributed by atoms with E-state index >= 15 is 0 Å². The summed E-state index contributed by atoms with van der Waals surface area (Å²) in [4.78, 5) is 7.87. The van der Waals surface area contributed by atoms with E-state index in [0.717, 1.165) is 5.92 Å². The zero-order valence-electron chi connectivity index (χ0n) is 15.3. The summed E-state index contributed by atoms with van der Waals surface area (Å²) in [6.07, 6.45) is 14.8. The Morgan fingerprint density at radius 2 is 1.30 bits per heavy atom. The molecule has 134 valence electrons. The van der Waals surface area contributed by atoms with Crippen LogP contribution in [0, 0.1) is 5.92 Å². The van der Waals surface area contributed by atoms with Gasteiger partial charge in [-0.2, -0.15) is 0 Å². The van der Waals surface area contributed by atoms with Crippen LogP contribution in [0.5, 0.6) is 0 Å². The Morgan fingerprint density at radius 3 is 1.87 bits per heavy atom. The minimum Gasteiger partial charge on any atom is -0.289 e. The molecule has 4 bridgehead atoms. The Balaban J connectivity index is 1.16. The minimum absolute atomic E-state index is 0.529. The largest absolute Gasteiger partial charge is 0.289 e. The molecule has 4 fully saturated rings. The van der Waals surface area contributed by atoms with Gasteiger partial charge in [-0.3, -0.25) is 20.0 Å². The molecule has 0 saturated carbocycles. The normalized spacial score (nSPS) is 35.1. The van der Waals surface area contributed by atoms with Crippen LogP contribution in [-0.4, -0.2) is 60.5 Å². The number of unbranched alkanes of at least 4 members (excludes halogenated alkanes) is 9. The summed E-state index contributed by atoms with van der Waals surface area (Å²) in [5, 5.41) is 3.82. The second kappa shape index (κ2) is 9.36. The zero-order valence-corrected chi connectivity index (χ0v) is 15.3. The first kappa shape index (κ1) is 17.7. The minimum atomic E-state index is 0.529. The highest BCUT2D eigenvalue weighted by molar-refractivity contribution is 4.92. The predicted octanol–water partition coefficient (Wildman–Crippen LogP) is 3.26. The van der Waals surface area contributed by atoms with Crippen molar-refractivity contribution in [2.24, 2.45) is 5.92 Å². The Kier molecular flexibility index (Phi) is 7.18. The molecule has 4 aliphatic rings. The van der Waals surface area contributed by atoms with E-state index in [0.29, 0.717) is 6.29 Å². The molecule has 23 heavy (non-hydrogen) atoms. The highest BCUT2D eigenvalue weighted by atomic mass is 15.6. The maximum atomic E-state index is 3.82. The molecule has 0 aliphatic carbocycles. The maximum Gasteiger partial charge on any atom is 0.119 e. The highest BCUT2D eigenvalue weighted by Crippen LogP contribution is 2.28. The SMILES string of the molecule is CCCCCCCCCCCCNC1N2CC3CN(C2)CN1C3. The molecule has 0 spiro atoms. The van der Waals surface area contributed by atoms with E-state index in [1.165, 1.54) is 104 Å². The Bertz CT molecular complexity index is 305. The van der Waals surface area contributed by atoms with Gasteiger partial charge in [-0.15, -0.1) is 0 Å². The fourth-order valence-corrected chi connectivity index (χ4v) is 4.68. The standard InChI is InChI=1S/C19H38N4/c1-2-3-4-5-6-7-8-9-10-11-12-20-19-22-14-18-13-21(16-22)17-23(19)15-18/h18-20H,2-17H2,1H3. The van der Waals surface area contributed by atoms with Crippen LogP contribution in [0.25, 0.3) is 0 Å². The van der Waals surface area contributed by atoms with Crippen LogP contribution in [0.2, 0.25) is 0 Å². The number of nitrogens with one attached hydrogen (secondary N) is 1. The number of hydrogen-bond donors (Lipinski definition) is 1. The third-order valence-corrected chi connectivity index (χ3v) is 5.81. The number of rotatable bonds is 12. The van der Waals surface area contributed by atoms with E-state index in [4.69, 9.17) is 0 Å². The molecule has 0 aromatic rings. The second-order valence-electron chi connectivity index (χ2n) is 8.05. The fourth-order valence-electron chi connectivity index (χ4n) is 4.68. The van der Waals surface area contributed by atoms with Crippen LogP contribution in [0.1, 0.15) is 71.1 Å². The van der Waals surface area contributed by atoms with Crippen LogP contribution in [-0.2, 0) is 0 Å². The topological polar surface area (TPSA) is 21.8 Å². The molecule has 4 heterocycles. The van der Waals surface area contributed by atoms with Crippen molar-refractivity contribution in [3.8, 4) is 0 Å². The molecule has 2 unspecified atom stereocenters. The molecule has 4 rings (SSSR count). The van der Waals surface area contributed by atoms with Crippen molar-refractivity contribution in [2.75, 3.05) is 39.5 Å². The van der Waals surface area contributed by atoms with Crippen molar-refractivity contribution < 1.29 is 0 Å². The molecule has 0 aromatic carbocycles. The van der Waals surface area contributed by atoms with Gasteiger partial charge < -0.3 is 0 Å². The van der Waals surface area contributed by atoms with Gasteiger partial charge in [0.05, 0.1) is 13.3 Å². The lowest BCUT2D eigenvalue weighted by molar-refractivity contribution is -0.184. The maximum absolute atomic E-state index is 3.82. The van der Waals surface area contributed by atoms with Crippen LogP contribution in [0.15, 0.2) is 0 Å². The third kappa shape index (κ3) is 5.15. The summed E-state index contributed by atoms with van der Waals surface area (Å²) in [5.74, 6) is 0.896. The molecule has 0 aromatic heterocycles. The average Bonchev–Trinajstić information content (AvgIpc) is 2.54. The van der Waals surface area contributed by atoms with E-state index in [1.54, 1.807) is 0 Å². The monoisotopic (exact) mass is 322 g/mol. The third-order valence-electron chi connectivity index (χ3n) is 5.81. The molecule has 4 heteroatoms. The quantitative estimate of drug-likeness (QED) is 0.557. The van der Waals surface area contributed by atoms with Gasteiger partial charge in [-0.1, -0.05) is 64.7 Å². The first-order valence-corrected chi connectivity index (χ1v) is 10.3. The lowest BCUT2D eigenvalue weighted by Gasteiger charge is -2.59. The van der Waals surface area contributed by atoms with E-state index in [2.05, 4.69) is 26.9 Å². The molecule has 4 aliphatic heterocycles. The summed E-state index contributed by atoms with van der Waals surface area (Å²) >= 11 is 0. The van der Waals surface area contributed by atoms with Gasteiger partial charge in [0, 0.05) is 19.6 Å². The van der Waals surface area contributed by atoms with Gasteiger partial charge >= 0.3 is 0 Å². The van der Waals surface area contributed by atoms with Crippen molar-refractivity contribution in [1.82, 2.24) is 20.0 Å². The summed E-state index contributed by atoms with van der Waals surface area (Å²) < 4.78 is 0. The molecule has 4 nitrogen and oxygen atoms in total.